The molecule has 65 heavy (non-hydrogen) atoms. The summed E-state index contributed by atoms with van der Waals surface area (Å²) < 4.78 is 7.04. The standard InChI is InChI=1S/C61H37N3S/c62-38-52-57(63-53-29-25-43(39-15-5-1-6-16-39)33-48(53)49-34-44(26-30-54(49)63)40-17-7-2-8-18-40)37-59-60(47-23-13-14-24-58(47)65-59)61(52)64-55-31-27-45(41-19-9-3-10-20-41)35-50(55)51-36-46(28-32-56(51)64)42-21-11-4-12-22-42/h1-37H. The number of nitrogens with zero attached hydrogens (tertiary/aromatic N) is 3. The van der Waals surface area contributed by atoms with Crippen molar-refractivity contribution in [2.24, 2.45) is 0 Å². The lowest BCUT2D eigenvalue weighted by molar-refractivity contribution is 1.13. The Kier molecular flexibility index (Phi) is 8.46. The minimum absolute atomic E-state index is 0.622. The fraction of sp³-hybridized carbons (Fsp3) is 0. The first-order valence-corrected chi connectivity index (χ1v) is 22.8. The van der Waals surface area contributed by atoms with Gasteiger partial charge in [-0.15, -0.1) is 11.3 Å². The molecular formula is C61H37N3S. The molecule has 302 valence electrons. The molecule has 0 radical (unpaired) electrons. The quantitative estimate of drug-likeness (QED) is 0.164. The van der Waals surface area contributed by atoms with Gasteiger partial charge in [-0.3, -0.25) is 0 Å². The van der Waals surface area contributed by atoms with Gasteiger partial charge >= 0.3 is 0 Å². The number of rotatable bonds is 6. The molecule has 0 atom stereocenters. The number of fused-ring (bicyclic) bond motifs is 9. The Balaban J connectivity index is 1.16. The summed E-state index contributed by atoms with van der Waals surface area (Å²) in [4.78, 5) is 0. The van der Waals surface area contributed by atoms with Crippen molar-refractivity contribution in [3.05, 3.63) is 230 Å². The van der Waals surface area contributed by atoms with E-state index in [1.807, 2.05) is 0 Å². The van der Waals surface area contributed by atoms with E-state index in [9.17, 15) is 5.26 Å². The van der Waals surface area contributed by atoms with Crippen molar-refractivity contribution in [3.63, 3.8) is 0 Å². The van der Waals surface area contributed by atoms with Crippen molar-refractivity contribution in [2.45, 2.75) is 0 Å². The van der Waals surface area contributed by atoms with E-state index in [2.05, 4.69) is 240 Å². The molecule has 4 heteroatoms. The lowest BCUT2D eigenvalue weighted by Gasteiger charge is -2.18. The monoisotopic (exact) mass is 843 g/mol. The van der Waals surface area contributed by atoms with E-state index in [0.29, 0.717) is 5.56 Å². The van der Waals surface area contributed by atoms with Crippen molar-refractivity contribution < 1.29 is 0 Å². The van der Waals surface area contributed by atoms with Crippen molar-refractivity contribution in [1.29, 1.82) is 5.26 Å². The van der Waals surface area contributed by atoms with Crippen molar-refractivity contribution in [2.75, 3.05) is 0 Å². The average Bonchev–Trinajstić information content (AvgIpc) is 4.03. The van der Waals surface area contributed by atoms with Crippen LogP contribution in [0.25, 0.3) is 120 Å². The van der Waals surface area contributed by atoms with E-state index in [4.69, 9.17) is 0 Å². The number of benzene rings is 10. The summed E-state index contributed by atoms with van der Waals surface area (Å²) in [6.07, 6.45) is 0. The van der Waals surface area contributed by atoms with Crippen LogP contribution in [-0.4, -0.2) is 9.13 Å². The maximum Gasteiger partial charge on any atom is 0.104 e. The second-order valence-corrected chi connectivity index (χ2v) is 17.8. The zero-order valence-corrected chi connectivity index (χ0v) is 35.9. The van der Waals surface area contributed by atoms with Crippen LogP contribution in [0.15, 0.2) is 224 Å². The molecule has 0 N–H and O–H groups in total. The third kappa shape index (κ3) is 5.87. The van der Waals surface area contributed by atoms with Crippen LogP contribution < -0.4 is 0 Å². The van der Waals surface area contributed by atoms with Crippen LogP contribution in [-0.2, 0) is 0 Å². The van der Waals surface area contributed by atoms with E-state index < -0.39 is 0 Å². The van der Waals surface area contributed by atoms with Crippen LogP contribution in [0.3, 0.4) is 0 Å². The smallest absolute Gasteiger partial charge is 0.104 e. The Bertz CT molecular complexity index is 3850. The number of hydrogen-bond acceptors (Lipinski definition) is 2. The molecule has 0 saturated carbocycles. The van der Waals surface area contributed by atoms with Gasteiger partial charge in [-0.1, -0.05) is 164 Å². The highest BCUT2D eigenvalue weighted by Crippen LogP contribution is 2.47. The second kappa shape index (κ2) is 14.8. The van der Waals surface area contributed by atoms with E-state index in [-0.39, 0.29) is 0 Å². The SMILES string of the molecule is N#Cc1c(-n2c3ccc(-c4ccccc4)cc3c3cc(-c4ccccc4)ccc32)cc2sc3ccccc3c2c1-n1c2ccc(-c3ccccc3)cc2c2cc(-c3ccccc3)ccc21. The largest absolute Gasteiger partial charge is 0.308 e. The number of hydrogen-bond donors (Lipinski definition) is 0. The molecule has 3 heterocycles. The van der Waals surface area contributed by atoms with Gasteiger partial charge in [0.05, 0.1) is 33.4 Å². The second-order valence-electron chi connectivity index (χ2n) is 16.8. The zero-order chi connectivity index (χ0) is 43.0. The summed E-state index contributed by atoms with van der Waals surface area (Å²) in [6, 6.07) is 83.4. The Hall–Kier alpha value is -8.49. The highest BCUT2D eigenvalue weighted by atomic mass is 32.1. The lowest BCUT2D eigenvalue weighted by atomic mass is 10.0. The van der Waals surface area contributed by atoms with Gasteiger partial charge in [-0.05, 0) is 105 Å². The highest BCUT2D eigenvalue weighted by Gasteiger charge is 2.26. The Labute approximate surface area is 379 Å². The first-order chi connectivity index (χ1) is 32.2. The van der Waals surface area contributed by atoms with E-state index >= 15 is 0 Å². The minimum atomic E-state index is 0.622. The van der Waals surface area contributed by atoms with Gasteiger partial charge in [0.25, 0.3) is 0 Å². The molecule has 0 aliphatic heterocycles. The summed E-state index contributed by atoms with van der Waals surface area (Å²) in [5.74, 6) is 0. The molecule has 3 nitrogen and oxygen atoms in total. The third-order valence-corrected chi connectivity index (χ3v) is 14.3. The minimum Gasteiger partial charge on any atom is -0.308 e. The van der Waals surface area contributed by atoms with Crippen molar-refractivity contribution >= 4 is 75.1 Å². The summed E-state index contributed by atoms with van der Waals surface area (Å²) in [5, 5.41) is 18.6. The first kappa shape index (κ1) is 37.1. The van der Waals surface area contributed by atoms with Gasteiger partial charge in [0, 0.05) is 41.7 Å². The van der Waals surface area contributed by atoms with Crippen LogP contribution in [0.5, 0.6) is 0 Å². The van der Waals surface area contributed by atoms with Gasteiger partial charge in [0.15, 0.2) is 0 Å². The zero-order valence-electron chi connectivity index (χ0n) is 35.1. The molecule has 0 bridgehead atoms. The number of nitriles is 1. The fourth-order valence-electron chi connectivity index (χ4n) is 10.2. The first-order valence-electron chi connectivity index (χ1n) is 22.0. The van der Waals surface area contributed by atoms with Gasteiger partial charge in [0.1, 0.15) is 11.6 Å². The molecule has 0 spiro atoms. The summed E-state index contributed by atoms with van der Waals surface area (Å²) in [6.45, 7) is 0. The van der Waals surface area contributed by atoms with Crippen LogP contribution in [0, 0.1) is 11.3 Å². The predicted molar refractivity (Wildman–Crippen MR) is 274 cm³/mol. The van der Waals surface area contributed by atoms with E-state index in [1.54, 1.807) is 11.3 Å². The normalized spacial score (nSPS) is 11.7. The van der Waals surface area contributed by atoms with Gasteiger partial charge in [-0.25, -0.2) is 0 Å². The van der Waals surface area contributed by atoms with Gasteiger partial charge in [-0.2, -0.15) is 5.26 Å². The topological polar surface area (TPSA) is 33.6 Å². The van der Waals surface area contributed by atoms with Gasteiger partial charge < -0.3 is 9.13 Å². The molecule has 13 rings (SSSR count). The number of aromatic nitrogens is 2. The van der Waals surface area contributed by atoms with E-state index in [0.717, 1.165) is 104 Å². The maximum atomic E-state index is 11.9. The summed E-state index contributed by atoms with van der Waals surface area (Å²) in [5.41, 5.74) is 15.9. The molecule has 3 aromatic heterocycles. The van der Waals surface area contributed by atoms with Crippen LogP contribution >= 0.6 is 11.3 Å². The maximum absolute atomic E-state index is 11.9. The average molecular weight is 844 g/mol. The molecule has 0 aliphatic carbocycles. The Morgan fingerprint density at radius 1 is 0.323 bits per heavy atom. The van der Waals surface area contributed by atoms with E-state index in [1.165, 1.54) is 15.8 Å². The molecule has 0 amide bonds. The molecule has 0 unspecified atom stereocenters. The molecular weight excluding hydrogens is 807 g/mol. The fourth-order valence-corrected chi connectivity index (χ4v) is 11.3. The molecule has 10 aromatic carbocycles. The van der Waals surface area contributed by atoms with Crippen LogP contribution in [0.4, 0.5) is 0 Å². The lowest BCUT2D eigenvalue weighted by Crippen LogP contribution is -2.05. The van der Waals surface area contributed by atoms with Crippen molar-refractivity contribution in [1.82, 2.24) is 9.13 Å². The third-order valence-electron chi connectivity index (χ3n) is 13.2. The molecule has 13 aromatic rings. The Morgan fingerprint density at radius 2 is 0.692 bits per heavy atom. The Morgan fingerprint density at radius 3 is 1.09 bits per heavy atom. The molecule has 0 fully saturated rings. The summed E-state index contributed by atoms with van der Waals surface area (Å²) in [7, 11) is 0. The van der Waals surface area contributed by atoms with Crippen LogP contribution in [0.1, 0.15) is 5.56 Å². The predicted octanol–water partition coefficient (Wildman–Crippen LogP) is 16.8. The van der Waals surface area contributed by atoms with Gasteiger partial charge in [0.2, 0.25) is 0 Å². The molecule has 0 saturated heterocycles. The molecule has 0 aliphatic rings. The summed E-state index contributed by atoms with van der Waals surface area (Å²) >= 11 is 1.79. The van der Waals surface area contributed by atoms with Crippen molar-refractivity contribution in [3.8, 4) is 62.0 Å². The highest BCUT2D eigenvalue weighted by molar-refractivity contribution is 7.26. The van der Waals surface area contributed by atoms with Crippen LogP contribution in [0.2, 0.25) is 0 Å². The number of thiophene rings is 1.